The van der Waals surface area contributed by atoms with Gasteiger partial charge in [-0.3, -0.25) is 24.1 Å². The van der Waals surface area contributed by atoms with Crippen molar-refractivity contribution in [2.75, 3.05) is 95.9 Å². The van der Waals surface area contributed by atoms with Gasteiger partial charge in [0.15, 0.2) is 31.3 Å². The van der Waals surface area contributed by atoms with E-state index >= 15 is 0 Å². The molecule has 6 saturated heterocycles. The van der Waals surface area contributed by atoms with Crippen LogP contribution in [0.5, 0.6) is 0 Å². The fourth-order valence-corrected chi connectivity index (χ4v) is 19.2. The largest absolute Gasteiger partial charge is 1.00 e. The molecule has 0 bridgehead atoms. The van der Waals surface area contributed by atoms with Gasteiger partial charge >= 0.3 is 42.7 Å². The SMILES string of the molecule is CC[C@H]1OC(=O)[C@H](C)[C@@H](O[C@H]2C[C@@](C)(OC)[C@@H](O)[C@H](C)O2)[C@H](C)[C@@H](O[C@@H]2O[C@H](C)C[C@H](N(C)C)[C@H]2OCCCN)[C@](C)(O)C[C@@H](C)CN(C)[C@H](C)[C@@H](O)[C@]1(C)O.CC[C@H]1OC(=O)[C@H](C)[C@@H](O[C@H]2C[C@@](C)(OC)[C@@H](OC(C)=O)[C@H](C)O2)[C@H](C)[C@@H](O[C@@H]2O[C@H](C)C[C@H](N(C)C)[C@H]2OCCCN)[C@](C)(O)C[C@@H](C)CN(C)[C@H](C)[C@@H](OC(C)=O)[C@]1(C)O.[Li+].[OH-]. The molecule has 0 aromatic heterocycles. The number of aliphatic hydroxyl groups is 6. The summed E-state index contributed by atoms with van der Waals surface area (Å²) in [4.78, 5) is 61.8. The molecular weight excluding hydrogens is 1560 g/mol. The first-order valence-electron chi connectivity index (χ1n) is 43.4. The van der Waals surface area contributed by atoms with Crippen molar-refractivity contribution >= 4 is 23.9 Å². The Labute approximate surface area is 729 Å². The third-order valence-corrected chi connectivity index (χ3v) is 26.2. The first kappa shape index (κ1) is 112. The minimum atomic E-state index is -1.82. The summed E-state index contributed by atoms with van der Waals surface area (Å²) in [6.07, 6.45) is -13.1. The van der Waals surface area contributed by atoms with Gasteiger partial charge < -0.3 is 138 Å². The van der Waals surface area contributed by atoms with Crippen LogP contribution < -0.4 is 30.3 Å². The fourth-order valence-electron chi connectivity index (χ4n) is 19.2. The number of likely N-dealkylation sites (N-methyl/N-ethyl adjacent to an activating group) is 4. The monoisotopic (exact) mass is 1720 g/mol. The van der Waals surface area contributed by atoms with E-state index in [2.05, 4.69) is 9.80 Å². The van der Waals surface area contributed by atoms with Gasteiger partial charge in [-0.15, -0.1) is 0 Å². The zero-order valence-electron chi connectivity index (χ0n) is 78.9. The number of carbonyl (C=O) groups is 4. The van der Waals surface area contributed by atoms with Crippen LogP contribution in [0.4, 0.5) is 0 Å². The van der Waals surface area contributed by atoms with Crippen molar-refractivity contribution in [2.45, 2.75) is 397 Å². The van der Waals surface area contributed by atoms with Crippen LogP contribution in [0.3, 0.4) is 0 Å². The third-order valence-electron chi connectivity index (χ3n) is 26.2. The Balaban J connectivity index is 0.000000613. The van der Waals surface area contributed by atoms with Crippen LogP contribution in [-0.4, -0.2) is 356 Å². The van der Waals surface area contributed by atoms with Crippen molar-refractivity contribution in [2.24, 2.45) is 47.0 Å². The summed E-state index contributed by atoms with van der Waals surface area (Å²) in [6.45, 7) is 41.0. The molecule has 0 saturated carbocycles. The molecule has 11 N–H and O–H groups in total. The maximum Gasteiger partial charge on any atom is 1.00 e. The number of aliphatic hydroxyl groups excluding tert-OH is 2. The third kappa shape index (κ3) is 28.7. The number of nitrogens with two attached hydrogens (primary N) is 2. The van der Waals surface area contributed by atoms with Gasteiger partial charge in [0, 0.05) is 103 Å². The Hall–Kier alpha value is -2.52. The van der Waals surface area contributed by atoms with Gasteiger partial charge in [0.05, 0.1) is 77.5 Å². The minimum Gasteiger partial charge on any atom is -0.870 e. The predicted molar refractivity (Wildman–Crippen MR) is 444 cm³/mol. The van der Waals surface area contributed by atoms with Crippen LogP contribution in [0.25, 0.3) is 0 Å². The summed E-state index contributed by atoms with van der Waals surface area (Å²) < 4.78 is 102. The van der Waals surface area contributed by atoms with Crippen molar-refractivity contribution < 1.29 is 150 Å². The molecule has 0 aromatic rings. The Morgan fingerprint density at radius 3 is 1.24 bits per heavy atom. The normalized spacial score (nSPS) is 44.3. The summed E-state index contributed by atoms with van der Waals surface area (Å²) >= 11 is 0. The second-order valence-electron chi connectivity index (χ2n) is 37.5. The maximum atomic E-state index is 14.7. The molecule has 36 atom stereocenters. The van der Waals surface area contributed by atoms with Crippen molar-refractivity contribution in [1.82, 2.24) is 19.6 Å². The predicted octanol–water partition coefficient (Wildman–Crippen LogP) is 2.52. The van der Waals surface area contributed by atoms with E-state index in [4.69, 9.17) is 87.3 Å². The van der Waals surface area contributed by atoms with E-state index < -0.39 is 204 Å². The van der Waals surface area contributed by atoms with Gasteiger partial charge in [0.25, 0.3) is 0 Å². The number of rotatable bonds is 24. The molecule has 700 valence electrons. The summed E-state index contributed by atoms with van der Waals surface area (Å²) in [7, 11) is 14.7. The molecule has 0 aliphatic carbocycles. The molecule has 33 nitrogen and oxygen atoms in total. The summed E-state index contributed by atoms with van der Waals surface area (Å²) in [5.41, 5.74) is 2.93. The van der Waals surface area contributed by atoms with E-state index in [9.17, 15) is 49.8 Å². The van der Waals surface area contributed by atoms with Crippen molar-refractivity contribution in [3.05, 3.63) is 0 Å². The average molecular weight is 1720 g/mol. The van der Waals surface area contributed by atoms with Crippen LogP contribution in [0.15, 0.2) is 0 Å². The summed E-state index contributed by atoms with van der Waals surface area (Å²) in [5, 5.41) is 72.3. The zero-order valence-corrected chi connectivity index (χ0v) is 78.9. The summed E-state index contributed by atoms with van der Waals surface area (Å²) in [5.74, 6) is -6.28. The second kappa shape index (κ2) is 48.2. The van der Waals surface area contributed by atoms with Gasteiger partial charge in [0.2, 0.25) is 0 Å². The van der Waals surface area contributed by atoms with Crippen molar-refractivity contribution in [3.8, 4) is 0 Å². The number of nitrogens with zero attached hydrogens (tertiary/aromatic N) is 4. The Morgan fingerprint density at radius 2 is 0.875 bits per heavy atom. The second-order valence-corrected chi connectivity index (χ2v) is 37.5. The van der Waals surface area contributed by atoms with Crippen LogP contribution in [-0.2, 0) is 95.0 Å². The molecule has 6 aliphatic rings. The number of ether oxygens (including phenoxy) is 16. The molecule has 0 spiro atoms. The first-order chi connectivity index (χ1) is 54.7. The van der Waals surface area contributed by atoms with Crippen molar-refractivity contribution in [1.29, 1.82) is 0 Å². The van der Waals surface area contributed by atoms with Crippen LogP contribution >= 0.6 is 0 Å². The molecule has 6 fully saturated rings. The van der Waals surface area contributed by atoms with Crippen LogP contribution in [0.1, 0.15) is 217 Å². The molecule has 34 heteroatoms. The van der Waals surface area contributed by atoms with E-state index in [0.29, 0.717) is 65.1 Å². The van der Waals surface area contributed by atoms with E-state index in [1.165, 1.54) is 41.9 Å². The van der Waals surface area contributed by atoms with Gasteiger partial charge in [-0.2, -0.15) is 0 Å². The fraction of sp³-hybridized carbons (Fsp3) is 0.953. The molecule has 6 heterocycles. The molecule has 6 aliphatic heterocycles. The molecule has 0 unspecified atom stereocenters. The number of carbonyl (C=O) groups excluding carboxylic acids is 4. The molecule has 0 radical (unpaired) electrons. The van der Waals surface area contributed by atoms with Crippen molar-refractivity contribution in [3.63, 3.8) is 0 Å². The zero-order chi connectivity index (χ0) is 89.6. The van der Waals surface area contributed by atoms with E-state index in [0.717, 1.165) is 0 Å². The molecule has 0 aromatic carbocycles. The first-order valence-corrected chi connectivity index (χ1v) is 43.4. The van der Waals surface area contributed by atoms with Gasteiger partial charge in [-0.1, -0.05) is 41.5 Å². The van der Waals surface area contributed by atoms with E-state index in [1.54, 1.807) is 62.3 Å². The van der Waals surface area contributed by atoms with Gasteiger partial charge in [0.1, 0.15) is 59.5 Å². The Morgan fingerprint density at radius 1 is 0.508 bits per heavy atom. The molecular formula is C86H163LiN6O27. The maximum absolute atomic E-state index is 14.7. The number of cyclic esters (lactones) is 2. The average Bonchev–Trinajstić information content (AvgIpc) is 1.15. The standard InChI is InChI=1S/C45H83N3O14.C41H79N3O12.Li.H2O/c1-17-34-45(12,53)39(58-31(8)49)29(6)48(15)24-25(2)22-43(10,52)38(62-42-37(55-20-18-19-46)33(47(13)14)21-26(3)56-42)27(4)36(28(5)41(51)60-34)61-35-23-44(11,54-16)40(30(7)57-35)59-32(9)50;1-15-30-41(10,49)34(45)27(6)44(13)22-23(2)20-39(8,48)36(56-38-33(51-18-16-17-42)29(43(11)12)19-24(3)52-38)25(4)32(26(5)37(47)54-30)55-31-21-40(9,50-14)35(46)28(7)53-31;;/h25-30,33-40,42,52-53H,17-24,46H2,1-16H3;23-36,38,45-46,48-49H,15-22,42H2,1-14H3;;1H2/q;;+1;/p-1/t25-,26-,27+,28-,29-,30+,33+,34-,35+,36+,37-,38-,39-,40+,42+,43-,44-,45-;23-,24-,25+,26-,27-,28+,29+,30-,31+,32+,33-,34-,35+,36-,38+,39-,40-,41-;;/m11../s1. The number of methoxy groups -OCH3 is 2. The molecule has 0 amide bonds. The Kier molecular flexibility index (Phi) is 44.9. The van der Waals surface area contributed by atoms with Crippen LogP contribution in [0.2, 0.25) is 0 Å². The quantitative estimate of drug-likeness (QED) is 0.0298. The summed E-state index contributed by atoms with van der Waals surface area (Å²) in [6, 6.07) is -1.24. The number of hydrogen-bond donors (Lipinski definition) is 8. The number of esters is 4. The van der Waals surface area contributed by atoms with E-state index in [-0.39, 0.29) is 99.0 Å². The number of hydrogen-bond acceptors (Lipinski definition) is 33. The smallest absolute Gasteiger partial charge is 0.870 e. The minimum absolute atomic E-state index is 0. The van der Waals surface area contributed by atoms with E-state index in [1.807, 2.05) is 114 Å². The van der Waals surface area contributed by atoms with Gasteiger partial charge in [-0.25, -0.2) is 0 Å². The van der Waals surface area contributed by atoms with Crippen LogP contribution in [0, 0.1) is 35.5 Å². The van der Waals surface area contributed by atoms with Gasteiger partial charge in [-0.05, 0) is 216 Å². The Bertz CT molecular complexity index is 3050. The molecule has 120 heavy (non-hydrogen) atoms. The molecule has 6 rings (SSSR count). The topological polar surface area (TPSA) is 432 Å².